The Labute approximate surface area is 126 Å². The van der Waals surface area contributed by atoms with Crippen molar-refractivity contribution in [1.82, 2.24) is 9.88 Å². The first-order valence-corrected chi connectivity index (χ1v) is 7.26. The fraction of sp³-hybridized carbons (Fsp3) is 0.353. The molecule has 0 aliphatic rings. The summed E-state index contributed by atoms with van der Waals surface area (Å²) in [5.41, 5.74) is 8.60. The predicted molar refractivity (Wildman–Crippen MR) is 85.9 cm³/mol. The Bertz CT molecular complexity index is 545. The lowest BCUT2D eigenvalue weighted by atomic mass is 10.1. The molecule has 0 saturated heterocycles. The third-order valence-electron chi connectivity index (χ3n) is 3.61. The molecule has 1 atom stereocenters. The molecule has 0 bridgehead atoms. The summed E-state index contributed by atoms with van der Waals surface area (Å²) in [6.45, 7) is 1.81. The highest BCUT2D eigenvalue weighted by molar-refractivity contribution is 5.41. The Balaban J connectivity index is 1.74. The standard InChI is InChI=1S/C17H23N3O/c1-20(11-7-14-5-9-19-10-6-14)12-8-17(21)15-3-2-4-16(18)13-15/h2-6,9-10,13,17,21H,7-8,11-12,18H2,1H3. The number of rotatable bonds is 7. The van der Waals surface area contributed by atoms with E-state index in [1.54, 1.807) is 0 Å². The van der Waals surface area contributed by atoms with Gasteiger partial charge in [-0.25, -0.2) is 0 Å². The van der Waals surface area contributed by atoms with Crippen LogP contribution in [0.5, 0.6) is 0 Å². The number of anilines is 1. The third kappa shape index (κ3) is 5.17. The molecule has 0 saturated carbocycles. The quantitative estimate of drug-likeness (QED) is 0.766. The number of nitrogens with zero attached hydrogens (tertiary/aromatic N) is 2. The van der Waals surface area contributed by atoms with Gasteiger partial charge in [-0.05, 0) is 55.3 Å². The van der Waals surface area contributed by atoms with Crippen LogP contribution in [-0.2, 0) is 6.42 Å². The normalized spacial score (nSPS) is 12.5. The number of nitrogens with two attached hydrogens (primary N) is 1. The van der Waals surface area contributed by atoms with Crippen LogP contribution in [0, 0.1) is 0 Å². The van der Waals surface area contributed by atoms with Gasteiger partial charge in [0.15, 0.2) is 0 Å². The lowest BCUT2D eigenvalue weighted by molar-refractivity contribution is 0.149. The summed E-state index contributed by atoms with van der Waals surface area (Å²) in [6.07, 6.45) is 4.87. The second-order valence-corrected chi connectivity index (χ2v) is 5.38. The molecule has 2 aromatic rings. The monoisotopic (exact) mass is 285 g/mol. The number of pyridine rings is 1. The average molecular weight is 285 g/mol. The van der Waals surface area contributed by atoms with Crippen LogP contribution in [0.1, 0.15) is 23.7 Å². The smallest absolute Gasteiger partial charge is 0.0803 e. The van der Waals surface area contributed by atoms with Gasteiger partial charge in [-0.3, -0.25) is 4.98 Å². The van der Waals surface area contributed by atoms with Crippen LogP contribution in [0.15, 0.2) is 48.8 Å². The Kier molecular flexibility index (Phi) is 5.72. The van der Waals surface area contributed by atoms with E-state index in [4.69, 9.17) is 5.73 Å². The summed E-state index contributed by atoms with van der Waals surface area (Å²) in [5, 5.41) is 10.2. The van der Waals surface area contributed by atoms with E-state index in [0.29, 0.717) is 12.1 Å². The number of hydrogen-bond donors (Lipinski definition) is 2. The van der Waals surface area contributed by atoms with Crippen molar-refractivity contribution in [3.63, 3.8) is 0 Å². The number of benzene rings is 1. The summed E-state index contributed by atoms with van der Waals surface area (Å²) >= 11 is 0. The molecule has 0 radical (unpaired) electrons. The van der Waals surface area contributed by atoms with E-state index < -0.39 is 6.10 Å². The van der Waals surface area contributed by atoms with E-state index >= 15 is 0 Å². The van der Waals surface area contributed by atoms with Crippen molar-refractivity contribution in [1.29, 1.82) is 0 Å². The Morgan fingerprint density at radius 1 is 1.19 bits per heavy atom. The molecular formula is C17H23N3O. The SMILES string of the molecule is CN(CCc1ccncc1)CCC(O)c1cccc(N)c1. The van der Waals surface area contributed by atoms with E-state index in [1.165, 1.54) is 5.56 Å². The molecule has 3 N–H and O–H groups in total. The number of hydrogen-bond acceptors (Lipinski definition) is 4. The second kappa shape index (κ2) is 7.76. The molecule has 0 spiro atoms. The molecule has 0 fully saturated rings. The van der Waals surface area contributed by atoms with Crippen molar-refractivity contribution in [3.8, 4) is 0 Å². The Hall–Kier alpha value is -1.91. The van der Waals surface area contributed by atoms with Crippen molar-refractivity contribution in [3.05, 3.63) is 59.9 Å². The molecule has 4 heteroatoms. The topological polar surface area (TPSA) is 62.4 Å². The predicted octanol–water partition coefficient (Wildman–Crippen LogP) is 2.26. The van der Waals surface area contributed by atoms with Crippen LogP contribution in [-0.4, -0.2) is 35.1 Å². The van der Waals surface area contributed by atoms with Gasteiger partial charge in [0.25, 0.3) is 0 Å². The van der Waals surface area contributed by atoms with E-state index in [2.05, 4.69) is 16.9 Å². The zero-order valence-electron chi connectivity index (χ0n) is 12.4. The van der Waals surface area contributed by atoms with Crippen LogP contribution < -0.4 is 5.73 Å². The molecule has 0 aliphatic carbocycles. The van der Waals surface area contributed by atoms with Crippen molar-refractivity contribution < 1.29 is 5.11 Å². The molecule has 21 heavy (non-hydrogen) atoms. The average Bonchev–Trinajstić information content (AvgIpc) is 2.51. The Morgan fingerprint density at radius 2 is 1.95 bits per heavy atom. The van der Waals surface area contributed by atoms with Gasteiger partial charge >= 0.3 is 0 Å². The van der Waals surface area contributed by atoms with E-state index in [1.807, 2.05) is 48.8 Å². The molecule has 0 amide bonds. The first-order chi connectivity index (χ1) is 10.1. The molecule has 1 unspecified atom stereocenters. The first kappa shape index (κ1) is 15.5. The molecule has 2 rings (SSSR count). The number of likely N-dealkylation sites (N-methyl/N-ethyl adjacent to an activating group) is 1. The zero-order valence-corrected chi connectivity index (χ0v) is 12.4. The van der Waals surface area contributed by atoms with Crippen molar-refractivity contribution >= 4 is 5.69 Å². The number of nitrogen functional groups attached to an aromatic ring is 1. The Morgan fingerprint density at radius 3 is 2.67 bits per heavy atom. The first-order valence-electron chi connectivity index (χ1n) is 7.26. The minimum absolute atomic E-state index is 0.461. The van der Waals surface area contributed by atoms with Crippen LogP contribution >= 0.6 is 0 Å². The van der Waals surface area contributed by atoms with Gasteiger partial charge in [-0.2, -0.15) is 0 Å². The molecule has 1 heterocycles. The lowest BCUT2D eigenvalue weighted by Crippen LogP contribution is -2.23. The lowest BCUT2D eigenvalue weighted by Gasteiger charge is -2.19. The van der Waals surface area contributed by atoms with Crippen molar-refractivity contribution in [2.24, 2.45) is 0 Å². The van der Waals surface area contributed by atoms with Gasteiger partial charge in [0.1, 0.15) is 0 Å². The van der Waals surface area contributed by atoms with Crippen molar-refractivity contribution in [2.75, 3.05) is 25.9 Å². The van der Waals surface area contributed by atoms with Gasteiger partial charge in [-0.1, -0.05) is 12.1 Å². The van der Waals surface area contributed by atoms with E-state index in [0.717, 1.165) is 25.1 Å². The highest BCUT2D eigenvalue weighted by Crippen LogP contribution is 2.19. The minimum atomic E-state index is -0.461. The van der Waals surface area contributed by atoms with Crippen LogP contribution in [0.2, 0.25) is 0 Å². The van der Waals surface area contributed by atoms with Gasteiger partial charge in [-0.15, -0.1) is 0 Å². The fourth-order valence-corrected chi connectivity index (χ4v) is 2.26. The summed E-state index contributed by atoms with van der Waals surface area (Å²) in [6, 6.07) is 11.5. The highest BCUT2D eigenvalue weighted by atomic mass is 16.3. The van der Waals surface area contributed by atoms with Gasteiger partial charge in [0.2, 0.25) is 0 Å². The van der Waals surface area contributed by atoms with Gasteiger partial charge in [0, 0.05) is 31.2 Å². The zero-order chi connectivity index (χ0) is 15.1. The molecule has 112 valence electrons. The summed E-state index contributed by atoms with van der Waals surface area (Å²) in [4.78, 5) is 6.25. The fourth-order valence-electron chi connectivity index (χ4n) is 2.26. The maximum absolute atomic E-state index is 10.2. The summed E-state index contributed by atoms with van der Waals surface area (Å²) < 4.78 is 0. The van der Waals surface area contributed by atoms with Crippen LogP contribution in [0.3, 0.4) is 0 Å². The number of aliphatic hydroxyl groups excluding tert-OH is 1. The second-order valence-electron chi connectivity index (χ2n) is 5.38. The van der Waals surface area contributed by atoms with Crippen molar-refractivity contribution in [2.45, 2.75) is 18.9 Å². The minimum Gasteiger partial charge on any atom is -0.399 e. The molecule has 4 nitrogen and oxygen atoms in total. The molecule has 1 aromatic carbocycles. The molecule has 0 aliphatic heterocycles. The van der Waals surface area contributed by atoms with E-state index in [-0.39, 0.29) is 0 Å². The summed E-state index contributed by atoms with van der Waals surface area (Å²) in [5.74, 6) is 0. The molecule has 1 aromatic heterocycles. The highest BCUT2D eigenvalue weighted by Gasteiger charge is 2.09. The molecular weight excluding hydrogens is 262 g/mol. The van der Waals surface area contributed by atoms with Gasteiger partial charge in [0.05, 0.1) is 6.10 Å². The summed E-state index contributed by atoms with van der Waals surface area (Å²) in [7, 11) is 2.08. The van der Waals surface area contributed by atoms with Crippen LogP contribution in [0.25, 0.3) is 0 Å². The maximum atomic E-state index is 10.2. The largest absolute Gasteiger partial charge is 0.399 e. The van der Waals surface area contributed by atoms with E-state index in [9.17, 15) is 5.11 Å². The third-order valence-corrected chi connectivity index (χ3v) is 3.61. The van der Waals surface area contributed by atoms with Crippen LogP contribution in [0.4, 0.5) is 5.69 Å². The number of aromatic nitrogens is 1. The van der Waals surface area contributed by atoms with Gasteiger partial charge < -0.3 is 15.7 Å². The maximum Gasteiger partial charge on any atom is 0.0803 e. The number of aliphatic hydroxyl groups is 1.